The van der Waals surface area contributed by atoms with Crippen molar-refractivity contribution < 1.29 is 0 Å². The second-order valence-corrected chi connectivity index (χ2v) is 4.88. The molecule has 0 amide bonds. The van der Waals surface area contributed by atoms with Crippen LogP contribution in [0.1, 0.15) is 25.5 Å². The van der Waals surface area contributed by atoms with Crippen molar-refractivity contribution >= 4 is 5.69 Å². The maximum atomic E-state index is 4.31. The molecule has 2 unspecified atom stereocenters. The average Bonchev–Trinajstić information content (AvgIpc) is 2.27. The molecule has 3 nitrogen and oxygen atoms in total. The number of pyridine rings is 1. The van der Waals surface area contributed by atoms with Gasteiger partial charge in [0.2, 0.25) is 0 Å². The molecule has 0 aliphatic carbocycles. The van der Waals surface area contributed by atoms with E-state index < -0.39 is 0 Å². The van der Waals surface area contributed by atoms with Crippen LogP contribution in [-0.2, 0) is 0 Å². The van der Waals surface area contributed by atoms with E-state index in [1.54, 1.807) is 0 Å². The Labute approximate surface area is 97.9 Å². The van der Waals surface area contributed by atoms with Crippen molar-refractivity contribution in [1.82, 2.24) is 9.88 Å². The van der Waals surface area contributed by atoms with Crippen LogP contribution in [0.2, 0.25) is 0 Å². The molecule has 0 saturated carbocycles. The summed E-state index contributed by atoms with van der Waals surface area (Å²) in [4.78, 5) is 6.73. The van der Waals surface area contributed by atoms with Crippen molar-refractivity contribution in [3.8, 4) is 0 Å². The van der Waals surface area contributed by atoms with Crippen LogP contribution < -0.4 is 5.32 Å². The molecule has 2 heterocycles. The highest BCUT2D eigenvalue weighted by atomic mass is 15.1. The number of piperidine rings is 1. The van der Waals surface area contributed by atoms with Gasteiger partial charge in [0.15, 0.2) is 0 Å². The number of hydrogen-bond acceptors (Lipinski definition) is 3. The van der Waals surface area contributed by atoms with Gasteiger partial charge in [0.1, 0.15) is 0 Å². The summed E-state index contributed by atoms with van der Waals surface area (Å²) in [5, 5.41) is 3.57. The highest BCUT2D eigenvalue weighted by molar-refractivity contribution is 5.41. The minimum Gasteiger partial charge on any atom is -0.381 e. The van der Waals surface area contributed by atoms with Crippen LogP contribution in [0, 0.1) is 6.92 Å². The molecule has 3 heteroatoms. The number of anilines is 1. The van der Waals surface area contributed by atoms with Gasteiger partial charge in [0.25, 0.3) is 0 Å². The zero-order chi connectivity index (χ0) is 11.5. The van der Waals surface area contributed by atoms with Gasteiger partial charge in [0, 0.05) is 24.3 Å². The third kappa shape index (κ3) is 2.73. The predicted molar refractivity (Wildman–Crippen MR) is 67.7 cm³/mol. The van der Waals surface area contributed by atoms with Crippen LogP contribution in [0.3, 0.4) is 0 Å². The highest BCUT2D eigenvalue weighted by Gasteiger charge is 2.22. The van der Waals surface area contributed by atoms with E-state index in [2.05, 4.69) is 41.3 Å². The summed E-state index contributed by atoms with van der Waals surface area (Å²) in [7, 11) is 2.20. The van der Waals surface area contributed by atoms with Gasteiger partial charge in [-0.25, -0.2) is 0 Å². The fourth-order valence-corrected chi connectivity index (χ4v) is 2.21. The second-order valence-electron chi connectivity index (χ2n) is 4.88. The van der Waals surface area contributed by atoms with Gasteiger partial charge < -0.3 is 10.2 Å². The van der Waals surface area contributed by atoms with E-state index in [-0.39, 0.29) is 0 Å². The third-order valence-electron chi connectivity index (χ3n) is 3.49. The van der Waals surface area contributed by atoms with E-state index in [4.69, 9.17) is 0 Å². The molecule has 2 rings (SSSR count). The van der Waals surface area contributed by atoms with Crippen LogP contribution >= 0.6 is 0 Å². The Balaban J connectivity index is 1.93. The lowest BCUT2D eigenvalue weighted by molar-refractivity contribution is 0.190. The molecule has 0 spiro atoms. The summed E-state index contributed by atoms with van der Waals surface area (Å²) >= 11 is 0. The van der Waals surface area contributed by atoms with Crippen molar-refractivity contribution in [2.45, 2.75) is 38.8 Å². The van der Waals surface area contributed by atoms with Gasteiger partial charge in [-0.1, -0.05) is 0 Å². The first-order valence-corrected chi connectivity index (χ1v) is 6.04. The molecule has 1 N–H and O–H groups in total. The minimum absolute atomic E-state index is 0.593. The molecule has 1 aromatic heterocycles. The molecule has 0 radical (unpaired) electrons. The molecule has 1 fully saturated rings. The Morgan fingerprint density at radius 2 is 2.25 bits per heavy atom. The Hall–Kier alpha value is -1.09. The zero-order valence-electron chi connectivity index (χ0n) is 10.4. The first kappa shape index (κ1) is 11.4. The molecule has 16 heavy (non-hydrogen) atoms. The number of nitrogens with one attached hydrogen (secondary N) is 1. The first-order chi connectivity index (χ1) is 7.65. The van der Waals surface area contributed by atoms with Crippen LogP contribution in [0.4, 0.5) is 5.69 Å². The second kappa shape index (κ2) is 4.83. The molecular weight excluding hydrogens is 198 g/mol. The largest absolute Gasteiger partial charge is 0.381 e. The molecule has 1 aliphatic rings. The number of aryl methyl sites for hydroxylation is 1. The SMILES string of the molecule is Cc1ccc(NC2CCN(C)C(C)C2)cn1. The lowest BCUT2D eigenvalue weighted by Crippen LogP contribution is -2.42. The third-order valence-corrected chi connectivity index (χ3v) is 3.49. The standard InChI is InChI=1S/C13H21N3/c1-10-4-5-13(9-14-10)15-12-6-7-16(3)11(2)8-12/h4-5,9,11-12,15H,6-8H2,1-3H3. The van der Waals surface area contributed by atoms with Crippen molar-refractivity contribution in [1.29, 1.82) is 0 Å². The van der Waals surface area contributed by atoms with Crippen molar-refractivity contribution in [2.75, 3.05) is 18.9 Å². The Kier molecular flexibility index (Phi) is 3.44. The van der Waals surface area contributed by atoms with Crippen molar-refractivity contribution in [3.63, 3.8) is 0 Å². The lowest BCUT2D eigenvalue weighted by Gasteiger charge is -2.35. The van der Waals surface area contributed by atoms with E-state index in [1.807, 2.05) is 13.1 Å². The zero-order valence-corrected chi connectivity index (χ0v) is 10.4. The van der Waals surface area contributed by atoms with Gasteiger partial charge in [-0.2, -0.15) is 0 Å². The van der Waals surface area contributed by atoms with Crippen LogP contribution in [0.15, 0.2) is 18.3 Å². The number of hydrogen-bond donors (Lipinski definition) is 1. The van der Waals surface area contributed by atoms with Gasteiger partial charge in [-0.3, -0.25) is 4.98 Å². The molecule has 2 atom stereocenters. The molecular formula is C13H21N3. The summed E-state index contributed by atoms with van der Waals surface area (Å²) in [6.45, 7) is 5.49. The van der Waals surface area contributed by atoms with E-state index in [9.17, 15) is 0 Å². The number of nitrogens with zero attached hydrogens (tertiary/aromatic N) is 2. The smallest absolute Gasteiger partial charge is 0.0529 e. The van der Waals surface area contributed by atoms with Gasteiger partial charge in [0.05, 0.1) is 11.9 Å². The van der Waals surface area contributed by atoms with Crippen LogP contribution in [0.5, 0.6) is 0 Å². The molecule has 1 saturated heterocycles. The topological polar surface area (TPSA) is 28.2 Å². The fraction of sp³-hybridized carbons (Fsp3) is 0.615. The van der Waals surface area contributed by atoms with E-state index >= 15 is 0 Å². The van der Waals surface area contributed by atoms with Gasteiger partial charge in [-0.15, -0.1) is 0 Å². The van der Waals surface area contributed by atoms with E-state index in [0.29, 0.717) is 12.1 Å². The lowest BCUT2D eigenvalue weighted by atomic mass is 9.99. The Bertz CT molecular complexity index is 334. The van der Waals surface area contributed by atoms with Crippen molar-refractivity contribution in [2.24, 2.45) is 0 Å². The first-order valence-electron chi connectivity index (χ1n) is 6.04. The summed E-state index contributed by atoms with van der Waals surface area (Å²) in [5.74, 6) is 0. The fourth-order valence-electron chi connectivity index (χ4n) is 2.21. The van der Waals surface area contributed by atoms with Gasteiger partial charge >= 0.3 is 0 Å². The predicted octanol–water partition coefficient (Wildman–Crippen LogP) is 2.28. The summed E-state index contributed by atoms with van der Waals surface area (Å²) in [5.41, 5.74) is 2.22. The maximum Gasteiger partial charge on any atom is 0.0529 e. The molecule has 0 aromatic carbocycles. The normalized spacial score (nSPS) is 26.7. The number of rotatable bonds is 2. The summed E-state index contributed by atoms with van der Waals surface area (Å²) in [6.07, 6.45) is 4.36. The van der Waals surface area contributed by atoms with Crippen molar-refractivity contribution in [3.05, 3.63) is 24.0 Å². The van der Waals surface area contributed by atoms with Crippen LogP contribution in [-0.4, -0.2) is 35.6 Å². The molecule has 88 valence electrons. The Morgan fingerprint density at radius 1 is 1.44 bits per heavy atom. The maximum absolute atomic E-state index is 4.31. The monoisotopic (exact) mass is 219 g/mol. The molecule has 1 aromatic rings. The Morgan fingerprint density at radius 3 is 2.88 bits per heavy atom. The van der Waals surface area contributed by atoms with Crippen LogP contribution in [0.25, 0.3) is 0 Å². The van der Waals surface area contributed by atoms with Gasteiger partial charge in [-0.05, 0) is 45.9 Å². The highest BCUT2D eigenvalue weighted by Crippen LogP contribution is 2.19. The summed E-state index contributed by atoms with van der Waals surface area (Å²) < 4.78 is 0. The average molecular weight is 219 g/mol. The molecule has 1 aliphatic heterocycles. The minimum atomic E-state index is 0.593. The number of likely N-dealkylation sites (tertiary alicyclic amines) is 1. The summed E-state index contributed by atoms with van der Waals surface area (Å²) in [6, 6.07) is 5.44. The van der Waals surface area contributed by atoms with E-state index in [0.717, 1.165) is 11.4 Å². The quantitative estimate of drug-likeness (QED) is 0.827. The van der Waals surface area contributed by atoms with E-state index in [1.165, 1.54) is 19.4 Å². The molecule has 0 bridgehead atoms. The number of aromatic nitrogens is 1.